The van der Waals surface area contributed by atoms with Crippen molar-refractivity contribution >= 4 is 35.2 Å². The molecule has 0 aromatic heterocycles. The molecule has 0 radical (unpaired) electrons. The van der Waals surface area contributed by atoms with Crippen molar-refractivity contribution in [3.63, 3.8) is 0 Å². The van der Waals surface area contributed by atoms with Crippen molar-refractivity contribution in [2.24, 2.45) is 0 Å². The minimum Gasteiger partial charge on any atom is -0.483 e. The summed E-state index contributed by atoms with van der Waals surface area (Å²) >= 11 is 6.03. The molecule has 9 nitrogen and oxygen atoms in total. The summed E-state index contributed by atoms with van der Waals surface area (Å²) in [6, 6.07) is 16.5. The average molecular weight is 609 g/mol. The van der Waals surface area contributed by atoms with Gasteiger partial charge in [-0.05, 0) is 73.7 Å². The molecule has 2 bridgehead atoms. The van der Waals surface area contributed by atoms with Crippen LogP contribution in [0.3, 0.4) is 0 Å². The highest BCUT2D eigenvalue weighted by Crippen LogP contribution is 2.22. The summed E-state index contributed by atoms with van der Waals surface area (Å²) in [7, 11) is 0. The molecule has 2 atom stereocenters. The van der Waals surface area contributed by atoms with Gasteiger partial charge in [0.1, 0.15) is 17.6 Å². The van der Waals surface area contributed by atoms with E-state index in [1.807, 2.05) is 6.07 Å². The van der Waals surface area contributed by atoms with Crippen LogP contribution in [0.25, 0.3) is 0 Å². The Bertz CT molecular complexity index is 1490. The third-order valence-electron chi connectivity index (χ3n) is 7.08. The molecule has 0 saturated heterocycles. The molecule has 1 aliphatic rings. The average Bonchev–Trinajstić information content (AvgIpc) is 2.98. The van der Waals surface area contributed by atoms with E-state index in [0.717, 1.165) is 5.56 Å². The number of benzene rings is 3. The summed E-state index contributed by atoms with van der Waals surface area (Å²) in [6.45, 7) is 2.92. The Labute approximate surface area is 254 Å². The van der Waals surface area contributed by atoms with Crippen LogP contribution in [0, 0.1) is 12.7 Å². The quantitative estimate of drug-likeness (QED) is 0.417. The van der Waals surface area contributed by atoms with E-state index in [2.05, 4.69) is 16.0 Å². The Morgan fingerprint density at radius 2 is 1.81 bits per heavy atom. The van der Waals surface area contributed by atoms with Crippen LogP contribution in [0.5, 0.6) is 5.75 Å². The molecule has 3 N–H and O–H groups in total. The third kappa shape index (κ3) is 8.78. The van der Waals surface area contributed by atoms with Crippen LogP contribution in [0.4, 0.5) is 4.39 Å². The van der Waals surface area contributed by atoms with Crippen molar-refractivity contribution in [1.82, 2.24) is 20.9 Å². The standard InChI is InChI=1S/C32H34ClFN4O5/c1-20-15-24(33)11-13-28(20)43-19-30(40)38-17-27(23-8-4-3-5-9-23)37-31(41)21(2)36-32(42)25-16-22(10-12-26(25)34)7-6-14-35-29(39)18-38/h3-5,8-13,15-16,21,27H,6-7,14,17-19H2,1-2H3,(H,35,39)(H,36,42)(H,37,41)/t21-,27-/m1/s1. The molecular formula is C32H34ClFN4O5. The monoisotopic (exact) mass is 608 g/mol. The van der Waals surface area contributed by atoms with E-state index in [-0.39, 0.29) is 31.2 Å². The van der Waals surface area contributed by atoms with E-state index in [9.17, 15) is 23.6 Å². The maximum absolute atomic E-state index is 14.5. The second-order valence-corrected chi connectivity index (χ2v) is 10.8. The van der Waals surface area contributed by atoms with Crippen LogP contribution < -0.4 is 20.7 Å². The van der Waals surface area contributed by atoms with Crippen LogP contribution >= 0.6 is 11.6 Å². The van der Waals surface area contributed by atoms with E-state index in [4.69, 9.17) is 16.3 Å². The first kappa shape index (κ1) is 31.5. The molecule has 1 aliphatic heterocycles. The fourth-order valence-electron chi connectivity index (χ4n) is 4.69. The lowest BCUT2D eigenvalue weighted by molar-refractivity contribution is -0.138. The molecule has 1 heterocycles. The van der Waals surface area contributed by atoms with Gasteiger partial charge in [-0.1, -0.05) is 48.0 Å². The van der Waals surface area contributed by atoms with Gasteiger partial charge in [-0.15, -0.1) is 0 Å². The van der Waals surface area contributed by atoms with Crippen molar-refractivity contribution < 1.29 is 28.3 Å². The molecule has 3 aromatic rings. The number of amides is 4. The molecule has 4 rings (SSSR count). The van der Waals surface area contributed by atoms with Gasteiger partial charge in [0.15, 0.2) is 6.61 Å². The lowest BCUT2D eigenvalue weighted by atomic mass is 10.0. The predicted octanol–water partition coefficient (Wildman–Crippen LogP) is 3.73. The third-order valence-corrected chi connectivity index (χ3v) is 7.31. The Morgan fingerprint density at radius 1 is 1.05 bits per heavy atom. The SMILES string of the molecule is Cc1cc(Cl)ccc1OCC(=O)N1CC(=O)NCCCc2ccc(F)c(c2)C(=O)N[C@H](C)C(=O)N[C@@H](c2ccccc2)C1. The van der Waals surface area contributed by atoms with Crippen LogP contribution in [-0.2, 0) is 20.8 Å². The van der Waals surface area contributed by atoms with Gasteiger partial charge in [0.05, 0.1) is 18.2 Å². The summed E-state index contributed by atoms with van der Waals surface area (Å²) in [5, 5.41) is 8.80. The van der Waals surface area contributed by atoms with E-state index >= 15 is 0 Å². The molecule has 0 unspecified atom stereocenters. The van der Waals surface area contributed by atoms with Crippen LogP contribution in [-0.4, -0.2) is 60.8 Å². The zero-order valence-corrected chi connectivity index (χ0v) is 24.7. The molecule has 0 aliphatic carbocycles. The maximum atomic E-state index is 14.5. The first-order valence-corrected chi connectivity index (χ1v) is 14.4. The van der Waals surface area contributed by atoms with Crippen molar-refractivity contribution in [2.45, 2.75) is 38.8 Å². The lowest BCUT2D eigenvalue weighted by Crippen LogP contribution is -2.50. The summed E-state index contributed by atoms with van der Waals surface area (Å²) in [5.41, 5.74) is 1.96. The minimum absolute atomic E-state index is 0.0545. The number of nitrogens with one attached hydrogen (secondary N) is 3. The fourth-order valence-corrected chi connectivity index (χ4v) is 4.92. The Morgan fingerprint density at radius 3 is 2.56 bits per heavy atom. The van der Waals surface area contributed by atoms with Gasteiger partial charge >= 0.3 is 0 Å². The zero-order valence-electron chi connectivity index (χ0n) is 24.0. The van der Waals surface area contributed by atoms with Crippen LogP contribution in [0.1, 0.15) is 46.4 Å². The lowest BCUT2D eigenvalue weighted by Gasteiger charge is -2.29. The number of rotatable bonds is 4. The molecule has 0 fully saturated rings. The number of hydrogen-bond acceptors (Lipinski definition) is 5. The van der Waals surface area contributed by atoms with Gasteiger partial charge in [-0.25, -0.2) is 4.39 Å². The maximum Gasteiger partial charge on any atom is 0.261 e. The van der Waals surface area contributed by atoms with Crippen molar-refractivity contribution in [3.05, 3.63) is 99.8 Å². The summed E-state index contributed by atoms with van der Waals surface area (Å²) in [4.78, 5) is 54.0. The van der Waals surface area contributed by atoms with Crippen LogP contribution in [0.15, 0.2) is 66.7 Å². The molecule has 0 saturated carbocycles. The van der Waals surface area contributed by atoms with E-state index in [1.165, 1.54) is 24.0 Å². The number of hydrogen-bond donors (Lipinski definition) is 3. The summed E-state index contributed by atoms with van der Waals surface area (Å²) in [5.74, 6) is -2.35. The second-order valence-electron chi connectivity index (χ2n) is 10.4. The largest absolute Gasteiger partial charge is 0.483 e. The first-order chi connectivity index (χ1) is 20.6. The number of carbonyl (C=O) groups is 4. The van der Waals surface area contributed by atoms with Gasteiger partial charge in [0.2, 0.25) is 11.8 Å². The van der Waals surface area contributed by atoms with E-state index in [1.54, 1.807) is 55.5 Å². The van der Waals surface area contributed by atoms with Gasteiger partial charge in [0.25, 0.3) is 11.8 Å². The molecule has 3 aromatic carbocycles. The molecule has 4 amide bonds. The number of fused-ring (bicyclic) bond motifs is 2. The summed E-state index contributed by atoms with van der Waals surface area (Å²) < 4.78 is 20.3. The number of ether oxygens (including phenoxy) is 1. The highest BCUT2D eigenvalue weighted by molar-refractivity contribution is 6.30. The molecule has 43 heavy (non-hydrogen) atoms. The first-order valence-electron chi connectivity index (χ1n) is 14.0. The van der Waals surface area contributed by atoms with Gasteiger partial charge in [-0.2, -0.15) is 0 Å². The predicted molar refractivity (Wildman–Crippen MR) is 160 cm³/mol. The Kier molecular flexibility index (Phi) is 10.7. The number of carbonyl (C=O) groups excluding carboxylic acids is 4. The van der Waals surface area contributed by atoms with Crippen molar-refractivity contribution in [3.8, 4) is 5.75 Å². The number of aryl methyl sites for hydroxylation is 2. The Hall–Kier alpha value is -4.44. The second kappa shape index (κ2) is 14.6. The molecule has 226 valence electrons. The highest BCUT2D eigenvalue weighted by Gasteiger charge is 2.27. The van der Waals surface area contributed by atoms with E-state index < -0.39 is 35.6 Å². The smallest absolute Gasteiger partial charge is 0.261 e. The van der Waals surface area contributed by atoms with Gasteiger partial charge in [0, 0.05) is 18.1 Å². The fraction of sp³-hybridized carbons (Fsp3) is 0.312. The molecule has 11 heteroatoms. The molecule has 0 spiro atoms. The van der Waals surface area contributed by atoms with Gasteiger partial charge < -0.3 is 25.6 Å². The normalized spacial score (nSPS) is 18.6. The number of nitrogens with zero attached hydrogens (tertiary/aromatic N) is 1. The van der Waals surface area contributed by atoms with E-state index in [0.29, 0.717) is 41.3 Å². The van der Waals surface area contributed by atoms with Crippen molar-refractivity contribution in [2.75, 3.05) is 26.2 Å². The van der Waals surface area contributed by atoms with Crippen molar-refractivity contribution in [1.29, 1.82) is 0 Å². The zero-order chi connectivity index (χ0) is 30.9. The topological polar surface area (TPSA) is 117 Å². The summed E-state index contributed by atoms with van der Waals surface area (Å²) in [6.07, 6.45) is 0.998. The highest BCUT2D eigenvalue weighted by atomic mass is 35.5. The Balaban J connectivity index is 1.60. The number of halogens is 2. The minimum atomic E-state index is -1.03. The van der Waals surface area contributed by atoms with Gasteiger partial charge in [-0.3, -0.25) is 19.2 Å². The molecular weight excluding hydrogens is 575 g/mol. The van der Waals surface area contributed by atoms with Crippen LogP contribution in [0.2, 0.25) is 5.02 Å².